The van der Waals surface area contributed by atoms with Gasteiger partial charge in [0.05, 0.1) is 12.5 Å². The van der Waals surface area contributed by atoms with Crippen molar-refractivity contribution in [2.45, 2.75) is 48.0 Å². The zero-order valence-electron chi connectivity index (χ0n) is 14.3. The van der Waals surface area contributed by atoms with Gasteiger partial charge in [-0.15, -0.1) is 0 Å². The number of carbonyl (C=O) groups is 1. The molecule has 21 heavy (non-hydrogen) atoms. The fraction of sp³-hybridized carbons (Fsp3) is 0.611. The fourth-order valence-corrected chi connectivity index (χ4v) is 3.43. The van der Waals surface area contributed by atoms with Crippen LogP contribution in [0.25, 0.3) is 0 Å². The van der Waals surface area contributed by atoms with Gasteiger partial charge in [0, 0.05) is 0 Å². The van der Waals surface area contributed by atoms with Crippen LogP contribution in [0.5, 0.6) is 5.75 Å². The van der Waals surface area contributed by atoms with Gasteiger partial charge in [-0.1, -0.05) is 53.7 Å². The van der Waals surface area contributed by atoms with Crippen LogP contribution in [0.1, 0.15) is 47.1 Å². The van der Waals surface area contributed by atoms with E-state index in [1.54, 1.807) is 12.1 Å². The van der Waals surface area contributed by atoms with E-state index in [1.807, 2.05) is 12.1 Å². The third-order valence-electron chi connectivity index (χ3n) is 4.50. The monoisotopic (exact) mass is 292 g/mol. The van der Waals surface area contributed by atoms with Crippen LogP contribution < -0.4 is 0 Å². The Balaban J connectivity index is 3.43. The molecular formula is C18H28O3. The Bertz CT molecular complexity index is 473. The number of esters is 1. The van der Waals surface area contributed by atoms with Crippen LogP contribution in [0.3, 0.4) is 0 Å². The van der Waals surface area contributed by atoms with E-state index in [9.17, 15) is 9.90 Å². The maximum atomic E-state index is 12.7. The third-order valence-corrected chi connectivity index (χ3v) is 4.50. The number of aromatic hydroxyl groups is 1. The first-order chi connectivity index (χ1) is 9.45. The Labute approximate surface area is 128 Å². The molecule has 0 radical (unpaired) electrons. The van der Waals surface area contributed by atoms with Crippen molar-refractivity contribution in [1.82, 2.24) is 0 Å². The van der Waals surface area contributed by atoms with Crippen LogP contribution >= 0.6 is 0 Å². The summed E-state index contributed by atoms with van der Waals surface area (Å²) >= 11 is 0. The average Bonchev–Trinajstić information content (AvgIpc) is 2.34. The summed E-state index contributed by atoms with van der Waals surface area (Å²) in [6, 6.07) is 7.04. The maximum absolute atomic E-state index is 12.7. The minimum absolute atomic E-state index is 0.185. The van der Waals surface area contributed by atoms with Gasteiger partial charge in [-0.3, -0.25) is 4.79 Å². The topological polar surface area (TPSA) is 46.5 Å². The summed E-state index contributed by atoms with van der Waals surface area (Å²) in [6.07, 6.45) is 0.576. The number of methoxy groups -OCH3 is 1. The molecule has 3 nitrogen and oxygen atoms in total. The van der Waals surface area contributed by atoms with Crippen molar-refractivity contribution in [1.29, 1.82) is 0 Å². The molecule has 0 fully saturated rings. The van der Waals surface area contributed by atoms with E-state index < -0.39 is 5.41 Å². The van der Waals surface area contributed by atoms with Crippen molar-refractivity contribution in [2.75, 3.05) is 7.11 Å². The second kappa shape index (κ2) is 5.70. The standard InChI is InChI=1S/C18H28O3/c1-16(2,3)18(15(20)21-7,17(4,5)6)12-13-8-10-14(19)11-9-13/h8-11,19H,12H2,1-7H3. The normalized spacial score (nSPS) is 13.1. The Hall–Kier alpha value is -1.51. The minimum Gasteiger partial charge on any atom is -0.508 e. The van der Waals surface area contributed by atoms with E-state index in [0.717, 1.165) is 5.56 Å². The summed E-state index contributed by atoms with van der Waals surface area (Å²) in [5.41, 5.74) is -0.180. The lowest BCUT2D eigenvalue weighted by atomic mass is 9.52. The first kappa shape index (κ1) is 17.5. The van der Waals surface area contributed by atoms with Crippen molar-refractivity contribution >= 4 is 5.97 Å². The number of phenolic OH excluding ortho intramolecular Hbond substituents is 1. The van der Waals surface area contributed by atoms with Crippen LogP contribution in [0, 0.1) is 16.2 Å². The summed E-state index contributed by atoms with van der Waals surface area (Å²) in [6.45, 7) is 12.5. The van der Waals surface area contributed by atoms with Gasteiger partial charge in [-0.05, 0) is 34.9 Å². The van der Waals surface area contributed by atoms with Crippen LogP contribution in [0.4, 0.5) is 0 Å². The number of hydrogen-bond acceptors (Lipinski definition) is 3. The zero-order valence-corrected chi connectivity index (χ0v) is 14.3. The van der Waals surface area contributed by atoms with Crippen molar-refractivity contribution in [2.24, 2.45) is 16.2 Å². The fourth-order valence-electron chi connectivity index (χ4n) is 3.43. The van der Waals surface area contributed by atoms with E-state index >= 15 is 0 Å². The van der Waals surface area contributed by atoms with Gasteiger partial charge in [-0.2, -0.15) is 0 Å². The highest BCUT2D eigenvalue weighted by Gasteiger charge is 2.56. The highest BCUT2D eigenvalue weighted by atomic mass is 16.5. The largest absolute Gasteiger partial charge is 0.508 e. The van der Waals surface area contributed by atoms with Gasteiger partial charge in [0.2, 0.25) is 0 Å². The number of phenols is 1. The highest BCUT2D eigenvalue weighted by molar-refractivity contribution is 5.79. The van der Waals surface area contributed by atoms with Crippen LogP contribution in [0.2, 0.25) is 0 Å². The van der Waals surface area contributed by atoms with Gasteiger partial charge in [0.1, 0.15) is 5.75 Å². The Kier molecular flexibility index (Phi) is 4.76. The molecule has 0 aliphatic heterocycles. The highest BCUT2D eigenvalue weighted by Crippen LogP contribution is 2.54. The quantitative estimate of drug-likeness (QED) is 0.850. The Morgan fingerprint density at radius 1 is 1.00 bits per heavy atom. The molecule has 0 unspecified atom stereocenters. The molecule has 0 spiro atoms. The molecule has 1 aromatic rings. The molecule has 1 N–H and O–H groups in total. The minimum atomic E-state index is -0.661. The van der Waals surface area contributed by atoms with Crippen molar-refractivity contribution in [3.8, 4) is 5.75 Å². The van der Waals surface area contributed by atoms with Gasteiger partial charge < -0.3 is 9.84 Å². The molecule has 0 atom stereocenters. The molecule has 1 rings (SSSR count). The molecule has 0 saturated heterocycles. The Morgan fingerprint density at radius 2 is 1.43 bits per heavy atom. The molecule has 3 heteroatoms. The summed E-state index contributed by atoms with van der Waals surface area (Å²) in [5.74, 6) is 0.0458. The maximum Gasteiger partial charge on any atom is 0.313 e. The summed E-state index contributed by atoms with van der Waals surface area (Å²) in [4.78, 5) is 12.7. The Morgan fingerprint density at radius 3 is 1.76 bits per heavy atom. The summed E-state index contributed by atoms with van der Waals surface area (Å²) in [5, 5.41) is 9.44. The summed E-state index contributed by atoms with van der Waals surface area (Å²) < 4.78 is 5.18. The number of benzene rings is 1. The first-order valence-electron chi connectivity index (χ1n) is 7.32. The van der Waals surface area contributed by atoms with E-state index in [2.05, 4.69) is 41.5 Å². The number of rotatable bonds is 3. The molecule has 1 aromatic carbocycles. The smallest absolute Gasteiger partial charge is 0.313 e. The number of ether oxygens (including phenoxy) is 1. The molecule has 0 aromatic heterocycles. The SMILES string of the molecule is COC(=O)C(Cc1ccc(O)cc1)(C(C)(C)C)C(C)(C)C. The predicted molar refractivity (Wildman–Crippen MR) is 85.2 cm³/mol. The van der Waals surface area contributed by atoms with E-state index in [4.69, 9.17) is 4.74 Å². The molecule has 0 amide bonds. The van der Waals surface area contributed by atoms with Gasteiger partial charge in [0.25, 0.3) is 0 Å². The van der Waals surface area contributed by atoms with Crippen LogP contribution in [-0.4, -0.2) is 18.2 Å². The lowest BCUT2D eigenvalue weighted by molar-refractivity contribution is -0.172. The lowest BCUT2D eigenvalue weighted by Gasteiger charge is -2.51. The third kappa shape index (κ3) is 3.22. The molecular weight excluding hydrogens is 264 g/mol. The first-order valence-corrected chi connectivity index (χ1v) is 7.32. The van der Waals surface area contributed by atoms with Crippen molar-refractivity contribution in [3.63, 3.8) is 0 Å². The van der Waals surface area contributed by atoms with E-state index in [1.165, 1.54) is 7.11 Å². The molecule has 0 aliphatic rings. The zero-order chi connectivity index (χ0) is 16.5. The molecule has 0 saturated carbocycles. The molecule has 0 bridgehead atoms. The van der Waals surface area contributed by atoms with Gasteiger partial charge in [-0.25, -0.2) is 0 Å². The molecule has 118 valence electrons. The van der Waals surface area contributed by atoms with E-state index in [-0.39, 0.29) is 22.5 Å². The molecule has 0 heterocycles. The second-order valence-electron chi connectivity index (χ2n) is 7.74. The van der Waals surface area contributed by atoms with Gasteiger partial charge >= 0.3 is 5.97 Å². The van der Waals surface area contributed by atoms with Crippen LogP contribution in [-0.2, 0) is 16.0 Å². The number of hydrogen-bond donors (Lipinski definition) is 1. The van der Waals surface area contributed by atoms with Crippen LogP contribution in [0.15, 0.2) is 24.3 Å². The number of carbonyl (C=O) groups excluding carboxylic acids is 1. The average molecular weight is 292 g/mol. The summed E-state index contributed by atoms with van der Waals surface area (Å²) in [7, 11) is 1.45. The predicted octanol–water partition coefficient (Wildman–Crippen LogP) is 4.19. The van der Waals surface area contributed by atoms with Crippen molar-refractivity contribution in [3.05, 3.63) is 29.8 Å². The molecule has 0 aliphatic carbocycles. The van der Waals surface area contributed by atoms with Crippen molar-refractivity contribution < 1.29 is 14.6 Å². The second-order valence-corrected chi connectivity index (χ2v) is 7.74. The lowest BCUT2D eigenvalue weighted by Crippen LogP contribution is -2.54. The van der Waals surface area contributed by atoms with Gasteiger partial charge in [0.15, 0.2) is 0 Å². The van der Waals surface area contributed by atoms with E-state index in [0.29, 0.717) is 6.42 Å².